The molecule has 4 heteroatoms. The van der Waals surface area contributed by atoms with E-state index in [0.29, 0.717) is 6.04 Å². The molecule has 1 N–H and O–H groups in total. The molecule has 0 bridgehead atoms. The van der Waals surface area contributed by atoms with E-state index in [1.807, 2.05) is 6.20 Å². The summed E-state index contributed by atoms with van der Waals surface area (Å²) < 4.78 is 2.06. The zero-order valence-electron chi connectivity index (χ0n) is 12.0. The first-order valence-corrected chi connectivity index (χ1v) is 7.85. The molecule has 0 aliphatic heterocycles. The number of nitrogens with one attached hydrogen (secondary N) is 1. The molecule has 1 atom stereocenters. The summed E-state index contributed by atoms with van der Waals surface area (Å²) in [5, 5.41) is 13.5. The molecule has 20 heavy (non-hydrogen) atoms. The lowest BCUT2D eigenvalue weighted by Gasteiger charge is -2.18. The molecule has 3 nitrogen and oxygen atoms in total. The van der Waals surface area contributed by atoms with Gasteiger partial charge < -0.3 is 0 Å². The maximum Gasteiger partial charge on any atom is 0.0994 e. The largest absolute Gasteiger partial charge is 0.294 e. The van der Waals surface area contributed by atoms with E-state index in [2.05, 4.69) is 70.9 Å². The van der Waals surface area contributed by atoms with Crippen LogP contribution in [0.5, 0.6) is 0 Å². The molecule has 0 saturated carbocycles. The van der Waals surface area contributed by atoms with Gasteiger partial charge in [-0.25, -0.2) is 4.68 Å². The van der Waals surface area contributed by atoms with Crippen LogP contribution in [-0.4, -0.2) is 15.8 Å². The van der Waals surface area contributed by atoms with Crippen LogP contribution < -0.4 is 5.32 Å². The Kier molecular flexibility index (Phi) is 3.59. The van der Waals surface area contributed by atoms with Crippen molar-refractivity contribution in [3.05, 3.63) is 41.2 Å². The molecular weight excluding hydrogens is 266 g/mol. The summed E-state index contributed by atoms with van der Waals surface area (Å²) in [4.78, 5) is 0. The Bertz CT molecular complexity index is 698. The lowest BCUT2D eigenvalue weighted by molar-refractivity contribution is 0.379. The molecule has 0 fully saturated rings. The summed E-state index contributed by atoms with van der Waals surface area (Å²) in [6, 6.07) is 9.13. The van der Waals surface area contributed by atoms with Crippen LogP contribution in [0, 0.1) is 0 Å². The molecule has 0 spiro atoms. The van der Waals surface area contributed by atoms with Crippen molar-refractivity contribution in [1.82, 2.24) is 15.1 Å². The van der Waals surface area contributed by atoms with Crippen LogP contribution in [-0.2, 0) is 0 Å². The van der Waals surface area contributed by atoms with Crippen LogP contribution in [0.1, 0.15) is 26.9 Å². The second kappa shape index (κ2) is 5.38. The van der Waals surface area contributed by atoms with Gasteiger partial charge in [-0.05, 0) is 54.8 Å². The lowest BCUT2D eigenvalue weighted by atomic mass is 10.1. The third kappa shape index (κ3) is 2.49. The summed E-state index contributed by atoms with van der Waals surface area (Å²) in [5.41, 5.74) is 3.70. The van der Waals surface area contributed by atoms with Crippen molar-refractivity contribution in [2.24, 2.45) is 0 Å². The fraction of sp³-hybridized carbons (Fsp3) is 0.312. The molecule has 3 aromatic rings. The predicted molar refractivity (Wildman–Crippen MR) is 86.0 cm³/mol. The van der Waals surface area contributed by atoms with E-state index in [4.69, 9.17) is 0 Å². The number of nitrogens with zero attached hydrogens (tertiary/aromatic N) is 2. The highest BCUT2D eigenvalue weighted by molar-refractivity contribution is 7.08. The van der Waals surface area contributed by atoms with Crippen molar-refractivity contribution in [2.45, 2.75) is 33.0 Å². The van der Waals surface area contributed by atoms with Crippen LogP contribution in [0.15, 0.2) is 41.2 Å². The molecule has 0 amide bonds. The van der Waals surface area contributed by atoms with Crippen molar-refractivity contribution in [3.63, 3.8) is 0 Å². The van der Waals surface area contributed by atoms with Gasteiger partial charge in [0.25, 0.3) is 0 Å². The van der Waals surface area contributed by atoms with Gasteiger partial charge in [-0.3, -0.25) is 5.32 Å². The number of aromatic nitrogens is 2. The van der Waals surface area contributed by atoms with E-state index in [1.54, 1.807) is 11.3 Å². The van der Waals surface area contributed by atoms with Crippen molar-refractivity contribution in [2.75, 3.05) is 0 Å². The van der Waals surface area contributed by atoms with E-state index in [9.17, 15) is 0 Å². The highest BCUT2D eigenvalue weighted by Gasteiger charge is 2.11. The number of thiophene rings is 1. The Morgan fingerprint density at radius 3 is 2.70 bits per heavy atom. The van der Waals surface area contributed by atoms with E-state index in [-0.39, 0.29) is 6.17 Å². The number of hydrogen-bond donors (Lipinski definition) is 1. The zero-order valence-corrected chi connectivity index (χ0v) is 12.8. The standard InChI is InChI=1S/C16H19N3S/c1-11(2)18-12(3)19-16-8-13(15-6-7-20-10-15)4-5-14(16)9-17-19/h4-12,18H,1-3H3. The molecule has 3 rings (SSSR count). The zero-order chi connectivity index (χ0) is 14.1. The topological polar surface area (TPSA) is 29.9 Å². The Balaban J connectivity index is 2.04. The summed E-state index contributed by atoms with van der Waals surface area (Å²) in [6.45, 7) is 6.45. The Morgan fingerprint density at radius 2 is 2.00 bits per heavy atom. The average Bonchev–Trinajstić information content (AvgIpc) is 3.06. The van der Waals surface area contributed by atoms with Crippen LogP contribution >= 0.6 is 11.3 Å². The maximum absolute atomic E-state index is 4.53. The van der Waals surface area contributed by atoms with Crippen molar-refractivity contribution in [1.29, 1.82) is 0 Å². The summed E-state index contributed by atoms with van der Waals surface area (Å²) in [5.74, 6) is 0. The Hall–Kier alpha value is -1.65. The minimum Gasteiger partial charge on any atom is -0.294 e. The second-order valence-electron chi connectivity index (χ2n) is 5.37. The van der Waals surface area contributed by atoms with Crippen LogP contribution in [0.4, 0.5) is 0 Å². The smallest absolute Gasteiger partial charge is 0.0994 e. The first-order valence-electron chi connectivity index (χ1n) is 6.91. The summed E-state index contributed by atoms with van der Waals surface area (Å²) >= 11 is 1.73. The van der Waals surface area contributed by atoms with Crippen molar-refractivity contribution >= 4 is 22.2 Å². The minimum atomic E-state index is 0.185. The van der Waals surface area contributed by atoms with Gasteiger partial charge >= 0.3 is 0 Å². The highest BCUT2D eigenvalue weighted by Crippen LogP contribution is 2.27. The maximum atomic E-state index is 4.53. The van der Waals surface area contributed by atoms with Gasteiger partial charge in [0, 0.05) is 11.4 Å². The summed E-state index contributed by atoms with van der Waals surface area (Å²) in [6.07, 6.45) is 2.12. The average molecular weight is 285 g/mol. The monoisotopic (exact) mass is 285 g/mol. The number of hydrogen-bond acceptors (Lipinski definition) is 3. The third-order valence-electron chi connectivity index (χ3n) is 3.39. The van der Waals surface area contributed by atoms with Gasteiger partial charge in [0.1, 0.15) is 0 Å². The van der Waals surface area contributed by atoms with Gasteiger partial charge in [-0.1, -0.05) is 12.1 Å². The Labute approximate surface area is 123 Å². The van der Waals surface area contributed by atoms with Gasteiger partial charge in [0.15, 0.2) is 0 Å². The number of benzene rings is 1. The molecule has 0 radical (unpaired) electrons. The highest BCUT2D eigenvalue weighted by atomic mass is 32.1. The predicted octanol–water partition coefficient (Wildman–Crippen LogP) is 4.28. The van der Waals surface area contributed by atoms with Gasteiger partial charge in [0.05, 0.1) is 17.9 Å². The van der Waals surface area contributed by atoms with Gasteiger partial charge in [0.2, 0.25) is 0 Å². The van der Waals surface area contributed by atoms with Crippen LogP contribution in [0.2, 0.25) is 0 Å². The number of fused-ring (bicyclic) bond motifs is 1. The Morgan fingerprint density at radius 1 is 1.15 bits per heavy atom. The third-order valence-corrected chi connectivity index (χ3v) is 4.08. The second-order valence-corrected chi connectivity index (χ2v) is 6.15. The van der Waals surface area contributed by atoms with E-state index in [0.717, 1.165) is 0 Å². The summed E-state index contributed by atoms with van der Waals surface area (Å²) in [7, 11) is 0. The fourth-order valence-corrected chi connectivity index (χ4v) is 3.17. The molecule has 104 valence electrons. The van der Waals surface area contributed by atoms with Gasteiger partial charge in [-0.15, -0.1) is 0 Å². The lowest BCUT2D eigenvalue weighted by Crippen LogP contribution is -2.30. The quantitative estimate of drug-likeness (QED) is 0.775. The molecule has 0 aliphatic rings. The fourth-order valence-electron chi connectivity index (χ4n) is 2.51. The van der Waals surface area contributed by atoms with Crippen molar-refractivity contribution in [3.8, 4) is 11.1 Å². The van der Waals surface area contributed by atoms with E-state index < -0.39 is 0 Å². The van der Waals surface area contributed by atoms with Crippen LogP contribution in [0.25, 0.3) is 22.0 Å². The first-order chi connectivity index (χ1) is 9.65. The first kappa shape index (κ1) is 13.3. The normalized spacial score (nSPS) is 13.2. The van der Waals surface area contributed by atoms with E-state index in [1.165, 1.54) is 22.0 Å². The molecule has 0 saturated heterocycles. The SMILES string of the molecule is CC(C)NC(C)n1ncc2ccc(-c3ccsc3)cc21. The molecular formula is C16H19N3S. The van der Waals surface area contributed by atoms with Crippen LogP contribution in [0.3, 0.4) is 0 Å². The molecule has 1 aromatic carbocycles. The molecule has 2 heterocycles. The molecule has 1 unspecified atom stereocenters. The molecule has 0 aliphatic carbocycles. The van der Waals surface area contributed by atoms with E-state index >= 15 is 0 Å². The van der Waals surface area contributed by atoms with Crippen molar-refractivity contribution < 1.29 is 0 Å². The number of rotatable bonds is 4. The minimum absolute atomic E-state index is 0.185. The van der Waals surface area contributed by atoms with Gasteiger partial charge in [-0.2, -0.15) is 16.4 Å². The molecule has 2 aromatic heterocycles.